The summed E-state index contributed by atoms with van der Waals surface area (Å²) >= 11 is 0. The van der Waals surface area contributed by atoms with Gasteiger partial charge in [-0.25, -0.2) is 4.79 Å². The van der Waals surface area contributed by atoms with Gasteiger partial charge in [0.05, 0.1) is 6.61 Å². The molecule has 2 saturated heterocycles. The Bertz CT molecular complexity index is 471. The summed E-state index contributed by atoms with van der Waals surface area (Å²) in [4.78, 5) is 14.0. The molecule has 2 aliphatic rings. The van der Waals surface area contributed by atoms with Crippen LogP contribution in [0.15, 0.2) is 30.3 Å². The first-order valence-electron chi connectivity index (χ1n) is 6.66. The molecule has 2 fully saturated rings. The molecule has 2 unspecified atom stereocenters. The second kappa shape index (κ2) is 5.99. The summed E-state index contributed by atoms with van der Waals surface area (Å²) in [5.74, 6) is 0.360. The van der Waals surface area contributed by atoms with E-state index in [1.54, 1.807) is 0 Å². The average Bonchev–Trinajstić information content (AvgIpc) is 2.96. The Kier molecular flexibility index (Phi) is 4.52. The van der Waals surface area contributed by atoms with E-state index in [9.17, 15) is 9.90 Å². The van der Waals surface area contributed by atoms with E-state index in [1.807, 2.05) is 35.2 Å². The maximum absolute atomic E-state index is 12.2. The molecule has 2 atom stereocenters. The Labute approximate surface area is 124 Å². The predicted molar refractivity (Wildman–Crippen MR) is 80.2 cm³/mol. The maximum atomic E-state index is 12.2. The van der Waals surface area contributed by atoms with Gasteiger partial charge in [-0.3, -0.25) is 0 Å². The fraction of sp³-hybridized carbons (Fsp3) is 0.500. The van der Waals surface area contributed by atoms with Crippen LogP contribution in [0, 0.1) is 11.3 Å². The Morgan fingerprint density at radius 2 is 2.20 bits per heavy atom. The van der Waals surface area contributed by atoms with Crippen LogP contribution in [-0.4, -0.2) is 48.8 Å². The van der Waals surface area contributed by atoms with Crippen LogP contribution in [0.1, 0.15) is 0 Å². The van der Waals surface area contributed by atoms with Crippen molar-refractivity contribution < 1.29 is 9.90 Å². The molecule has 0 saturated carbocycles. The molecular formula is C14H20ClN3O2. The summed E-state index contributed by atoms with van der Waals surface area (Å²) in [6.45, 7) is 3.16. The highest BCUT2D eigenvalue weighted by Crippen LogP contribution is 2.38. The quantitative estimate of drug-likeness (QED) is 0.767. The average molecular weight is 298 g/mol. The van der Waals surface area contributed by atoms with Crippen LogP contribution in [0.5, 0.6) is 0 Å². The number of hydrogen-bond donors (Lipinski definition) is 3. The van der Waals surface area contributed by atoms with Crippen LogP contribution in [0.2, 0.25) is 0 Å². The summed E-state index contributed by atoms with van der Waals surface area (Å²) in [5, 5.41) is 15.8. The highest BCUT2D eigenvalue weighted by Gasteiger charge is 2.50. The first kappa shape index (κ1) is 15.1. The van der Waals surface area contributed by atoms with Crippen molar-refractivity contribution >= 4 is 24.1 Å². The molecule has 20 heavy (non-hydrogen) atoms. The molecule has 2 amide bonds. The number of fused-ring (bicyclic) bond motifs is 1. The van der Waals surface area contributed by atoms with E-state index >= 15 is 0 Å². The summed E-state index contributed by atoms with van der Waals surface area (Å²) in [6.07, 6.45) is 0. The number of hydrogen-bond acceptors (Lipinski definition) is 3. The zero-order chi connectivity index (χ0) is 13.3. The van der Waals surface area contributed by atoms with Gasteiger partial charge in [0.15, 0.2) is 0 Å². The minimum absolute atomic E-state index is 0. The number of amides is 2. The molecule has 0 aromatic heterocycles. The fourth-order valence-corrected chi connectivity index (χ4v) is 3.12. The van der Waals surface area contributed by atoms with Crippen LogP contribution in [0.25, 0.3) is 0 Å². The van der Waals surface area contributed by atoms with Crippen molar-refractivity contribution in [2.24, 2.45) is 11.3 Å². The summed E-state index contributed by atoms with van der Waals surface area (Å²) in [7, 11) is 0. The number of nitrogens with zero attached hydrogens (tertiary/aromatic N) is 1. The minimum atomic E-state index is -0.145. The first-order chi connectivity index (χ1) is 9.23. The van der Waals surface area contributed by atoms with Crippen LogP contribution >= 0.6 is 12.4 Å². The SMILES string of the molecule is Cl.O=C(Nc1ccccc1)N1CC2CNCC2(CO)C1. The minimum Gasteiger partial charge on any atom is -0.396 e. The van der Waals surface area contributed by atoms with Crippen LogP contribution in [0.3, 0.4) is 0 Å². The van der Waals surface area contributed by atoms with Gasteiger partial charge in [-0.05, 0) is 18.1 Å². The van der Waals surface area contributed by atoms with Gasteiger partial charge >= 0.3 is 6.03 Å². The number of likely N-dealkylation sites (tertiary alicyclic amines) is 1. The molecule has 0 bridgehead atoms. The standard InChI is InChI=1S/C14H19N3O2.ClH/c18-10-14-8-15-6-11(14)7-17(9-14)13(19)16-12-4-2-1-3-5-12;/h1-5,11,15,18H,6-10H2,(H,16,19);1H. The van der Waals surface area contributed by atoms with Crippen LogP contribution in [-0.2, 0) is 0 Å². The third-order valence-electron chi connectivity index (χ3n) is 4.31. The third kappa shape index (κ3) is 2.61. The van der Waals surface area contributed by atoms with Crippen molar-refractivity contribution in [2.75, 3.05) is 38.1 Å². The van der Waals surface area contributed by atoms with E-state index in [4.69, 9.17) is 0 Å². The smallest absolute Gasteiger partial charge is 0.321 e. The second-order valence-electron chi connectivity index (χ2n) is 5.53. The molecular weight excluding hydrogens is 278 g/mol. The van der Waals surface area contributed by atoms with Gasteiger partial charge in [-0.1, -0.05) is 18.2 Å². The number of aliphatic hydroxyl groups excluding tert-OH is 1. The van der Waals surface area contributed by atoms with E-state index in [1.165, 1.54) is 0 Å². The lowest BCUT2D eigenvalue weighted by atomic mass is 9.82. The molecule has 1 aromatic rings. The number of urea groups is 1. The fourth-order valence-electron chi connectivity index (χ4n) is 3.12. The molecule has 0 spiro atoms. The second-order valence-corrected chi connectivity index (χ2v) is 5.53. The van der Waals surface area contributed by atoms with Gasteiger partial charge in [-0.15, -0.1) is 12.4 Å². The van der Waals surface area contributed by atoms with Crippen molar-refractivity contribution in [2.45, 2.75) is 0 Å². The number of aliphatic hydroxyl groups is 1. The number of carbonyl (C=O) groups excluding carboxylic acids is 1. The van der Waals surface area contributed by atoms with Gasteiger partial charge in [0.25, 0.3) is 0 Å². The summed E-state index contributed by atoms with van der Waals surface area (Å²) < 4.78 is 0. The molecule has 3 N–H and O–H groups in total. The van der Waals surface area contributed by atoms with Crippen molar-refractivity contribution in [3.8, 4) is 0 Å². The topological polar surface area (TPSA) is 64.6 Å². The van der Waals surface area contributed by atoms with Gasteiger partial charge in [0, 0.05) is 37.3 Å². The Morgan fingerprint density at radius 3 is 2.85 bits per heavy atom. The Balaban J connectivity index is 0.00000147. The first-order valence-corrected chi connectivity index (χ1v) is 6.66. The molecule has 5 nitrogen and oxygen atoms in total. The predicted octanol–water partition coefficient (Wildman–Crippen LogP) is 1.15. The highest BCUT2D eigenvalue weighted by atomic mass is 35.5. The Hall–Kier alpha value is -1.30. The molecule has 110 valence electrons. The Morgan fingerprint density at radius 1 is 1.45 bits per heavy atom. The van der Waals surface area contributed by atoms with E-state index in [2.05, 4.69) is 10.6 Å². The van der Waals surface area contributed by atoms with E-state index < -0.39 is 0 Å². The van der Waals surface area contributed by atoms with Gasteiger partial charge in [0.2, 0.25) is 0 Å². The van der Waals surface area contributed by atoms with Crippen molar-refractivity contribution in [3.05, 3.63) is 30.3 Å². The molecule has 2 aliphatic heterocycles. The van der Waals surface area contributed by atoms with Crippen LogP contribution < -0.4 is 10.6 Å². The highest BCUT2D eigenvalue weighted by molar-refractivity contribution is 5.89. The van der Waals surface area contributed by atoms with Gasteiger partial charge in [0.1, 0.15) is 0 Å². The molecule has 2 heterocycles. The number of rotatable bonds is 2. The lowest BCUT2D eigenvalue weighted by Crippen LogP contribution is -2.39. The number of nitrogens with one attached hydrogen (secondary N) is 2. The lowest BCUT2D eigenvalue weighted by molar-refractivity contribution is 0.127. The number of halogens is 1. The zero-order valence-electron chi connectivity index (χ0n) is 11.2. The van der Waals surface area contributed by atoms with E-state index in [0.29, 0.717) is 19.0 Å². The van der Waals surface area contributed by atoms with Crippen molar-refractivity contribution in [1.82, 2.24) is 10.2 Å². The molecule has 6 heteroatoms. The summed E-state index contributed by atoms with van der Waals surface area (Å²) in [6, 6.07) is 9.38. The molecule has 0 aliphatic carbocycles. The zero-order valence-corrected chi connectivity index (χ0v) is 12.0. The van der Waals surface area contributed by atoms with Crippen LogP contribution in [0.4, 0.5) is 10.5 Å². The van der Waals surface area contributed by atoms with Crippen molar-refractivity contribution in [3.63, 3.8) is 0 Å². The molecule has 0 radical (unpaired) electrons. The number of carbonyl (C=O) groups is 1. The molecule has 3 rings (SSSR count). The maximum Gasteiger partial charge on any atom is 0.321 e. The molecule has 1 aromatic carbocycles. The summed E-state index contributed by atoms with van der Waals surface area (Å²) in [5.41, 5.74) is 0.661. The van der Waals surface area contributed by atoms with E-state index in [-0.39, 0.29) is 30.5 Å². The lowest BCUT2D eigenvalue weighted by Gasteiger charge is -2.25. The van der Waals surface area contributed by atoms with E-state index in [0.717, 1.165) is 18.8 Å². The normalized spacial score (nSPS) is 27.9. The monoisotopic (exact) mass is 297 g/mol. The number of para-hydroxylation sites is 1. The largest absolute Gasteiger partial charge is 0.396 e. The van der Waals surface area contributed by atoms with Crippen molar-refractivity contribution in [1.29, 1.82) is 0 Å². The number of anilines is 1. The van der Waals surface area contributed by atoms with Gasteiger partial charge in [-0.2, -0.15) is 0 Å². The van der Waals surface area contributed by atoms with Gasteiger partial charge < -0.3 is 20.6 Å². The number of benzene rings is 1. The third-order valence-corrected chi connectivity index (χ3v) is 4.31.